The first-order valence-corrected chi connectivity index (χ1v) is 10.5. The highest BCUT2D eigenvalue weighted by Gasteiger charge is 2.30. The van der Waals surface area contributed by atoms with Crippen LogP contribution >= 0.6 is 0 Å². The van der Waals surface area contributed by atoms with Crippen LogP contribution in [0.5, 0.6) is 0 Å². The molecule has 1 N–H and O–H groups in total. The number of aliphatic imine (C=N–C) groups is 1. The molecule has 3 rings (SSSR count). The fourth-order valence-corrected chi connectivity index (χ4v) is 3.75. The molecule has 1 aliphatic rings. The van der Waals surface area contributed by atoms with Crippen LogP contribution in [0.1, 0.15) is 30.4 Å². The van der Waals surface area contributed by atoms with E-state index in [0.29, 0.717) is 24.8 Å². The summed E-state index contributed by atoms with van der Waals surface area (Å²) in [6, 6.07) is 9.41. The predicted octanol–water partition coefficient (Wildman–Crippen LogP) is 2.73. The normalized spacial score (nSPS) is 16.3. The Morgan fingerprint density at radius 2 is 1.94 bits per heavy atom. The van der Waals surface area contributed by atoms with Crippen LogP contribution in [-0.4, -0.2) is 39.5 Å². The molecule has 174 valence electrons. The molecular formula is C22H26F3N3O4. The summed E-state index contributed by atoms with van der Waals surface area (Å²) in [5, 5.41) is 9.07. The van der Waals surface area contributed by atoms with Gasteiger partial charge in [0.1, 0.15) is 5.82 Å². The van der Waals surface area contributed by atoms with E-state index in [1.54, 1.807) is 0 Å². The van der Waals surface area contributed by atoms with Crippen molar-refractivity contribution in [2.24, 2.45) is 18.0 Å². The third-order valence-corrected chi connectivity index (χ3v) is 5.42. The van der Waals surface area contributed by atoms with Gasteiger partial charge in [-0.25, -0.2) is 4.79 Å². The van der Waals surface area contributed by atoms with E-state index in [0.717, 1.165) is 10.1 Å². The van der Waals surface area contributed by atoms with E-state index < -0.39 is 30.5 Å². The maximum Gasteiger partial charge on any atom is 0.392 e. The lowest BCUT2D eigenvalue weighted by molar-refractivity contribution is -0.140. The number of fused-ring (bicyclic) bond motifs is 1. The summed E-state index contributed by atoms with van der Waals surface area (Å²) in [4.78, 5) is 30.1. The van der Waals surface area contributed by atoms with Crippen LogP contribution in [0, 0.1) is 5.92 Å². The molecule has 0 saturated heterocycles. The highest BCUT2D eigenvalue weighted by Crippen LogP contribution is 2.28. The van der Waals surface area contributed by atoms with Crippen LogP contribution in [0.25, 0.3) is 0 Å². The van der Waals surface area contributed by atoms with Gasteiger partial charge in [-0.3, -0.25) is 13.9 Å². The minimum atomic E-state index is -4.37. The lowest BCUT2D eigenvalue weighted by Crippen LogP contribution is -2.41. The van der Waals surface area contributed by atoms with Crippen molar-refractivity contribution in [3.8, 4) is 0 Å². The van der Waals surface area contributed by atoms with Crippen molar-refractivity contribution in [3.05, 3.63) is 62.3 Å². The summed E-state index contributed by atoms with van der Waals surface area (Å²) < 4.78 is 45.7. The molecule has 0 fully saturated rings. The SMILES string of the molecule is Cn1c2c(c(=O)n(CCCO)c1=O)CCC(Cc1ccccc1)C(OCCC(F)(F)F)=N2. The zero-order chi connectivity index (χ0) is 23.3. The number of aliphatic hydroxyl groups excluding tert-OH is 1. The molecule has 1 atom stereocenters. The number of ether oxygens (including phenoxy) is 1. The zero-order valence-electron chi connectivity index (χ0n) is 17.8. The monoisotopic (exact) mass is 453 g/mol. The lowest BCUT2D eigenvalue weighted by Gasteiger charge is -2.18. The Bertz CT molecular complexity index is 1070. The second-order valence-electron chi connectivity index (χ2n) is 7.77. The van der Waals surface area contributed by atoms with E-state index in [4.69, 9.17) is 9.84 Å². The molecule has 0 spiro atoms. The van der Waals surface area contributed by atoms with Crippen molar-refractivity contribution in [3.63, 3.8) is 0 Å². The quantitative estimate of drug-likeness (QED) is 0.699. The number of hydrogen-bond donors (Lipinski definition) is 1. The minimum Gasteiger partial charge on any atom is -0.480 e. The third kappa shape index (κ3) is 5.67. The van der Waals surface area contributed by atoms with E-state index in [9.17, 15) is 22.8 Å². The van der Waals surface area contributed by atoms with Crippen molar-refractivity contribution in [1.82, 2.24) is 9.13 Å². The lowest BCUT2D eigenvalue weighted by atomic mass is 9.93. The summed E-state index contributed by atoms with van der Waals surface area (Å²) >= 11 is 0. The molecule has 2 heterocycles. The van der Waals surface area contributed by atoms with Gasteiger partial charge in [0.15, 0.2) is 5.90 Å². The largest absolute Gasteiger partial charge is 0.480 e. The zero-order valence-corrected chi connectivity index (χ0v) is 17.8. The average molecular weight is 453 g/mol. The molecule has 32 heavy (non-hydrogen) atoms. The highest BCUT2D eigenvalue weighted by molar-refractivity contribution is 5.82. The number of halogens is 3. The number of hydrogen-bond acceptors (Lipinski definition) is 5. The third-order valence-electron chi connectivity index (χ3n) is 5.42. The Hall–Kier alpha value is -2.88. The standard InChI is InChI=1S/C22H26F3N3O4/c1-27-18-17(20(30)28(21(27)31)11-5-12-29)9-8-16(14-15-6-3-2-4-7-15)19(26-18)32-13-10-22(23,24)25/h2-4,6-7,16,29H,5,8-14H2,1H3. The van der Waals surface area contributed by atoms with Crippen LogP contribution in [0.4, 0.5) is 19.0 Å². The predicted molar refractivity (Wildman–Crippen MR) is 113 cm³/mol. The van der Waals surface area contributed by atoms with E-state index in [1.807, 2.05) is 30.3 Å². The van der Waals surface area contributed by atoms with Gasteiger partial charge in [-0.15, -0.1) is 0 Å². The average Bonchev–Trinajstić information content (AvgIpc) is 2.92. The Morgan fingerprint density at radius 3 is 2.59 bits per heavy atom. The number of nitrogens with zero attached hydrogens (tertiary/aromatic N) is 3. The molecule has 1 unspecified atom stereocenters. The second-order valence-corrected chi connectivity index (χ2v) is 7.77. The minimum absolute atomic E-state index is 0.0708. The first-order valence-electron chi connectivity index (χ1n) is 10.5. The van der Waals surface area contributed by atoms with Crippen LogP contribution in [0.3, 0.4) is 0 Å². The second kappa shape index (κ2) is 10.2. The van der Waals surface area contributed by atoms with Gasteiger partial charge in [-0.1, -0.05) is 30.3 Å². The van der Waals surface area contributed by atoms with Crippen LogP contribution in [0.15, 0.2) is 44.9 Å². The van der Waals surface area contributed by atoms with E-state index in [1.165, 1.54) is 11.6 Å². The number of rotatable bonds is 7. The van der Waals surface area contributed by atoms with Gasteiger partial charge >= 0.3 is 11.9 Å². The van der Waals surface area contributed by atoms with Gasteiger partial charge in [0, 0.05) is 26.1 Å². The summed E-state index contributed by atoms with van der Waals surface area (Å²) in [5.41, 5.74) is 0.194. The Labute approximate surface area is 182 Å². The fourth-order valence-electron chi connectivity index (χ4n) is 3.75. The van der Waals surface area contributed by atoms with Crippen LogP contribution in [-0.2, 0) is 31.2 Å². The Morgan fingerprint density at radius 1 is 1.22 bits per heavy atom. The van der Waals surface area contributed by atoms with Crippen molar-refractivity contribution in [2.45, 2.75) is 44.8 Å². The van der Waals surface area contributed by atoms with Crippen molar-refractivity contribution in [1.29, 1.82) is 0 Å². The number of aromatic nitrogens is 2. The molecule has 2 aromatic rings. The topological polar surface area (TPSA) is 85.8 Å². The van der Waals surface area contributed by atoms with Crippen LogP contribution in [0.2, 0.25) is 0 Å². The van der Waals surface area contributed by atoms with Gasteiger partial charge in [0.2, 0.25) is 0 Å². The molecule has 1 aromatic heterocycles. The van der Waals surface area contributed by atoms with E-state index in [-0.39, 0.29) is 37.2 Å². The molecule has 7 nitrogen and oxygen atoms in total. The Balaban J connectivity index is 2.01. The molecule has 0 bridgehead atoms. The summed E-state index contributed by atoms with van der Waals surface area (Å²) in [7, 11) is 1.46. The molecule has 1 aliphatic heterocycles. The summed E-state index contributed by atoms with van der Waals surface area (Å²) in [6.07, 6.45) is -4.04. The first kappa shape index (κ1) is 23.8. The Kier molecular flexibility index (Phi) is 7.55. The number of benzene rings is 1. The number of aliphatic hydroxyl groups is 1. The van der Waals surface area contributed by atoms with Gasteiger partial charge in [-0.2, -0.15) is 18.2 Å². The summed E-state index contributed by atoms with van der Waals surface area (Å²) in [5.74, 6) is -0.143. The van der Waals surface area contributed by atoms with E-state index in [2.05, 4.69) is 4.99 Å². The van der Waals surface area contributed by atoms with Crippen molar-refractivity contribution >= 4 is 11.7 Å². The molecule has 10 heteroatoms. The van der Waals surface area contributed by atoms with Gasteiger partial charge in [-0.05, 0) is 31.2 Å². The van der Waals surface area contributed by atoms with Crippen molar-refractivity contribution < 1.29 is 23.0 Å². The molecule has 0 radical (unpaired) electrons. The molecule has 0 aliphatic carbocycles. The van der Waals surface area contributed by atoms with Gasteiger partial charge in [0.25, 0.3) is 5.56 Å². The molecule has 0 amide bonds. The maximum absolute atomic E-state index is 13.0. The fraction of sp³-hybridized carbons (Fsp3) is 0.500. The highest BCUT2D eigenvalue weighted by atomic mass is 19.4. The summed E-state index contributed by atoms with van der Waals surface area (Å²) in [6.45, 7) is -0.687. The van der Waals surface area contributed by atoms with Gasteiger partial charge < -0.3 is 9.84 Å². The van der Waals surface area contributed by atoms with Crippen molar-refractivity contribution in [2.75, 3.05) is 13.2 Å². The van der Waals surface area contributed by atoms with E-state index >= 15 is 0 Å². The first-order chi connectivity index (χ1) is 15.2. The molecule has 1 aromatic carbocycles. The molecular weight excluding hydrogens is 427 g/mol. The maximum atomic E-state index is 13.0. The van der Waals surface area contributed by atoms with Gasteiger partial charge in [0.05, 0.1) is 18.6 Å². The van der Waals surface area contributed by atoms with Crippen LogP contribution < -0.4 is 11.2 Å². The number of alkyl halides is 3. The smallest absolute Gasteiger partial charge is 0.392 e. The molecule has 0 saturated carbocycles.